The van der Waals surface area contributed by atoms with Gasteiger partial charge in [0.2, 0.25) is 0 Å². The van der Waals surface area contributed by atoms with Gasteiger partial charge in [0.15, 0.2) is 23.0 Å². The summed E-state index contributed by atoms with van der Waals surface area (Å²) in [6, 6.07) is 0. The Morgan fingerprint density at radius 2 is 1.67 bits per heavy atom. The summed E-state index contributed by atoms with van der Waals surface area (Å²) in [6.45, 7) is -0.941. The number of fused-ring (bicyclic) bond motifs is 3. The van der Waals surface area contributed by atoms with E-state index in [1.54, 1.807) is 10.6 Å². The molecule has 18 nitrogen and oxygen atoms in total. The van der Waals surface area contributed by atoms with Gasteiger partial charge in [0, 0.05) is 12.4 Å². The summed E-state index contributed by atoms with van der Waals surface area (Å²) in [4.78, 5) is 48.3. The Bertz CT molecular complexity index is 1320. The van der Waals surface area contributed by atoms with E-state index in [2.05, 4.69) is 28.1 Å². The molecular formula is C12H16N5O13P3. The van der Waals surface area contributed by atoms with Gasteiger partial charge in [-0.1, -0.05) is 0 Å². The zero-order valence-electron chi connectivity index (χ0n) is 15.9. The van der Waals surface area contributed by atoms with Crippen LogP contribution in [0, 0.1) is 0 Å². The van der Waals surface area contributed by atoms with E-state index in [0.717, 1.165) is 0 Å². The van der Waals surface area contributed by atoms with Gasteiger partial charge < -0.3 is 34.5 Å². The molecule has 6 atom stereocenters. The monoisotopic (exact) mass is 531 g/mol. The fourth-order valence-corrected chi connectivity index (χ4v) is 6.13. The van der Waals surface area contributed by atoms with Crippen molar-refractivity contribution in [3.05, 3.63) is 25.0 Å². The predicted octanol–water partition coefficient (Wildman–Crippen LogP) is -0.959. The van der Waals surface area contributed by atoms with Crippen LogP contribution < -0.4 is 0 Å². The number of nitrogens with zero attached hydrogens (tertiary/aromatic N) is 5. The van der Waals surface area contributed by atoms with Crippen molar-refractivity contribution in [1.82, 2.24) is 23.9 Å². The zero-order chi connectivity index (χ0) is 24.2. The minimum absolute atomic E-state index is 0.249. The number of phosphoric acid groups is 3. The minimum atomic E-state index is -5.70. The number of aliphatic hydroxyl groups is 2. The molecule has 0 aromatic carbocycles. The van der Waals surface area contributed by atoms with Crippen LogP contribution in [0.3, 0.4) is 0 Å². The number of aliphatic hydroxyl groups excluding tert-OH is 2. The highest BCUT2D eigenvalue weighted by Gasteiger charge is 2.47. The molecule has 0 spiro atoms. The number of aromatic nitrogens is 5. The van der Waals surface area contributed by atoms with Crippen LogP contribution in [0.15, 0.2) is 25.0 Å². The summed E-state index contributed by atoms with van der Waals surface area (Å²) >= 11 is 0. The summed E-state index contributed by atoms with van der Waals surface area (Å²) in [7, 11) is -16.7. The van der Waals surface area contributed by atoms with E-state index < -0.39 is 54.6 Å². The van der Waals surface area contributed by atoms with Crippen LogP contribution in [0.2, 0.25) is 0 Å². The van der Waals surface area contributed by atoms with E-state index in [0.29, 0.717) is 11.2 Å². The highest BCUT2D eigenvalue weighted by Crippen LogP contribution is 2.66. The molecule has 4 heterocycles. The lowest BCUT2D eigenvalue weighted by Gasteiger charge is -2.19. The van der Waals surface area contributed by atoms with Gasteiger partial charge in [-0.2, -0.15) is 8.62 Å². The van der Waals surface area contributed by atoms with E-state index >= 15 is 0 Å². The maximum atomic E-state index is 11.9. The molecule has 1 saturated heterocycles. The molecule has 1 aliphatic heterocycles. The Kier molecular flexibility index (Phi) is 6.35. The van der Waals surface area contributed by atoms with Gasteiger partial charge in [-0.15, -0.1) is 0 Å². The lowest BCUT2D eigenvalue weighted by Crippen LogP contribution is -2.33. The number of imidazole rings is 2. The largest absolute Gasteiger partial charge is 0.490 e. The quantitative estimate of drug-likeness (QED) is 0.191. The SMILES string of the molecule is O=P(O)(O)OP(=O)(O)OP(=O)(O)OC[C@H]1O[C@@H](n2cnc3c2ncn2ccnc32)[C@H](O)[C@@H]1O. The van der Waals surface area contributed by atoms with Gasteiger partial charge in [-0.05, 0) is 0 Å². The number of hydrogen-bond acceptors (Lipinski definition) is 12. The maximum absolute atomic E-state index is 11.9. The molecular weight excluding hydrogens is 515 g/mol. The molecule has 1 fully saturated rings. The van der Waals surface area contributed by atoms with Crippen molar-refractivity contribution in [2.75, 3.05) is 6.61 Å². The second kappa shape index (κ2) is 8.55. The van der Waals surface area contributed by atoms with Crippen molar-refractivity contribution in [2.24, 2.45) is 0 Å². The molecule has 3 aromatic rings. The molecule has 2 unspecified atom stereocenters. The molecule has 4 rings (SSSR count). The molecule has 182 valence electrons. The first kappa shape index (κ1) is 24.5. The van der Waals surface area contributed by atoms with Crippen molar-refractivity contribution in [3.63, 3.8) is 0 Å². The first-order valence-electron chi connectivity index (χ1n) is 8.70. The third-order valence-corrected chi connectivity index (χ3v) is 8.18. The summed E-state index contributed by atoms with van der Waals surface area (Å²) in [5.41, 5.74) is 1.08. The normalized spacial score (nSPS) is 27.7. The second-order valence-corrected chi connectivity index (χ2v) is 11.1. The lowest BCUT2D eigenvalue weighted by molar-refractivity contribution is -0.0503. The topological polar surface area (TPSA) is 258 Å². The molecule has 3 aromatic heterocycles. The molecule has 21 heteroatoms. The predicted molar refractivity (Wildman–Crippen MR) is 102 cm³/mol. The van der Waals surface area contributed by atoms with Gasteiger partial charge >= 0.3 is 23.5 Å². The first-order valence-corrected chi connectivity index (χ1v) is 13.2. The van der Waals surface area contributed by atoms with Gasteiger partial charge in [-0.3, -0.25) is 13.5 Å². The minimum Gasteiger partial charge on any atom is -0.387 e. The van der Waals surface area contributed by atoms with Crippen molar-refractivity contribution < 1.29 is 61.4 Å². The Labute approximate surface area is 182 Å². The van der Waals surface area contributed by atoms with Crippen LogP contribution in [0.5, 0.6) is 0 Å². The van der Waals surface area contributed by atoms with Crippen LogP contribution in [0.4, 0.5) is 0 Å². The fourth-order valence-electron chi connectivity index (χ4n) is 3.10. The number of hydrogen-bond donors (Lipinski definition) is 6. The van der Waals surface area contributed by atoms with Gasteiger partial charge in [0.25, 0.3) is 0 Å². The number of rotatable bonds is 8. The third kappa shape index (κ3) is 5.23. The van der Waals surface area contributed by atoms with Gasteiger partial charge in [-0.25, -0.2) is 28.6 Å². The van der Waals surface area contributed by atoms with Crippen molar-refractivity contribution in [3.8, 4) is 0 Å². The molecule has 1 aliphatic rings. The van der Waals surface area contributed by atoms with E-state index in [1.165, 1.54) is 23.4 Å². The van der Waals surface area contributed by atoms with Crippen LogP contribution in [-0.2, 0) is 31.6 Å². The summed E-state index contributed by atoms with van der Waals surface area (Å²) in [5, 5.41) is 20.6. The van der Waals surface area contributed by atoms with E-state index in [9.17, 15) is 28.8 Å². The third-order valence-electron chi connectivity index (χ3n) is 4.38. The molecule has 0 saturated carbocycles. The highest BCUT2D eigenvalue weighted by molar-refractivity contribution is 7.66. The Morgan fingerprint density at radius 1 is 0.939 bits per heavy atom. The van der Waals surface area contributed by atoms with Crippen molar-refractivity contribution >= 4 is 40.3 Å². The van der Waals surface area contributed by atoms with Crippen LogP contribution in [0.25, 0.3) is 16.8 Å². The average Bonchev–Trinajstić information content (AvgIpc) is 3.35. The number of ether oxygens (including phenoxy) is 1. The molecule has 33 heavy (non-hydrogen) atoms. The second-order valence-electron chi connectivity index (χ2n) is 6.66. The van der Waals surface area contributed by atoms with Crippen LogP contribution in [0.1, 0.15) is 6.23 Å². The summed E-state index contributed by atoms with van der Waals surface area (Å²) in [5.74, 6) is 0. The number of phosphoric ester groups is 1. The van der Waals surface area contributed by atoms with E-state index in [-0.39, 0.29) is 5.65 Å². The Balaban J connectivity index is 1.47. The summed E-state index contributed by atoms with van der Waals surface area (Å²) < 4.78 is 53.9. The Hall–Kier alpha value is -1.62. The van der Waals surface area contributed by atoms with E-state index in [4.69, 9.17) is 19.4 Å². The molecule has 0 aliphatic carbocycles. The van der Waals surface area contributed by atoms with Crippen LogP contribution in [-0.4, -0.2) is 78.6 Å². The van der Waals surface area contributed by atoms with Gasteiger partial charge in [0.05, 0.1) is 12.9 Å². The lowest BCUT2D eigenvalue weighted by atomic mass is 10.1. The molecule has 0 radical (unpaired) electrons. The average molecular weight is 531 g/mol. The smallest absolute Gasteiger partial charge is 0.387 e. The van der Waals surface area contributed by atoms with Crippen molar-refractivity contribution in [2.45, 2.75) is 24.5 Å². The molecule has 6 N–H and O–H groups in total. The summed E-state index contributed by atoms with van der Waals surface area (Å²) in [6.07, 6.45) is -0.0505. The fraction of sp³-hybridized carbons (Fsp3) is 0.417. The Morgan fingerprint density at radius 3 is 2.36 bits per heavy atom. The van der Waals surface area contributed by atoms with Crippen LogP contribution >= 0.6 is 23.5 Å². The molecule has 0 amide bonds. The maximum Gasteiger partial charge on any atom is 0.490 e. The zero-order valence-corrected chi connectivity index (χ0v) is 18.6. The standard InChI is InChI=1S/C12H16N5O13P3/c18-8-6(3-27-32(23,24)30-33(25,26)29-31(20,21)22)28-12(9(8)19)17-5-14-7-10-13-1-2-16(10)4-15-11(7)17/h1-2,4-6,8-9,12,18-19H,3H2,(H,23,24)(H,25,26)(H2,20,21,22)/t6-,8-,9-,12-/m1/s1. The van der Waals surface area contributed by atoms with Gasteiger partial charge in [0.1, 0.15) is 24.6 Å². The van der Waals surface area contributed by atoms with E-state index in [1.807, 2.05) is 0 Å². The highest BCUT2D eigenvalue weighted by atomic mass is 31.3. The van der Waals surface area contributed by atoms with Crippen molar-refractivity contribution in [1.29, 1.82) is 0 Å². The first-order chi connectivity index (χ1) is 15.3. The molecule has 0 bridgehead atoms.